The van der Waals surface area contributed by atoms with E-state index in [1.165, 1.54) is 12.1 Å². The van der Waals surface area contributed by atoms with E-state index in [2.05, 4.69) is 0 Å². The second kappa shape index (κ2) is 4.59. The third kappa shape index (κ3) is 2.67. The zero-order chi connectivity index (χ0) is 10.7. The fourth-order valence-corrected chi connectivity index (χ4v) is 1.53. The first-order valence-electron chi connectivity index (χ1n) is 4.94. The van der Waals surface area contributed by atoms with Gasteiger partial charge in [0.1, 0.15) is 17.7 Å². The van der Waals surface area contributed by atoms with Crippen molar-refractivity contribution in [3.05, 3.63) is 30.1 Å². The van der Waals surface area contributed by atoms with Crippen molar-refractivity contribution >= 4 is 0 Å². The fourth-order valence-electron chi connectivity index (χ4n) is 1.53. The molecule has 0 aromatic heterocycles. The third-order valence-corrected chi connectivity index (χ3v) is 2.35. The predicted molar refractivity (Wildman–Crippen MR) is 52.3 cm³/mol. The first-order valence-corrected chi connectivity index (χ1v) is 4.94. The summed E-state index contributed by atoms with van der Waals surface area (Å²) in [6.45, 7) is 0.891. The number of hydrogen-bond acceptors (Lipinski definition) is 3. The molecule has 0 amide bonds. The van der Waals surface area contributed by atoms with Crippen LogP contribution in [-0.2, 0) is 4.74 Å². The number of aliphatic hydroxyl groups excluding tert-OH is 1. The Balaban J connectivity index is 2.01. The van der Waals surface area contributed by atoms with E-state index in [9.17, 15) is 9.50 Å². The second-order valence-electron chi connectivity index (χ2n) is 3.54. The summed E-state index contributed by atoms with van der Waals surface area (Å²) in [4.78, 5) is 0. The third-order valence-electron chi connectivity index (χ3n) is 2.35. The van der Waals surface area contributed by atoms with E-state index >= 15 is 0 Å². The van der Waals surface area contributed by atoms with Crippen LogP contribution in [0.4, 0.5) is 4.39 Å². The molecule has 0 aliphatic carbocycles. The minimum Gasteiger partial charge on any atom is -0.485 e. The molecule has 15 heavy (non-hydrogen) atoms. The zero-order valence-electron chi connectivity index (χ0n) is 8.23. The molecule has 2 unspecified atom stereocenters. The van der Waals surface area contributed by atoms with Gasteiger partial charge in [0, 0.05) is 19.1 Å². The van der Waals surface area contributed by atoms with Gasteiger partial charge in [0.05, 0.1) is 12.7 Å². The Bertz CT molecular complexity index is 329. The molecule has 2 rings (SSSR count). The van der Waals surface area contributed by atoms with E-state index < -0.39 is 12.2 Å². The quantitative estimate of drug-likeness (QED) is 0.804. The molecule has 1 saturated heterocycles. The van der Waals surface area contributed by atoms with Crippen LogP contribution in [0.5, 0.6) is 5.75 Å². The molecule has 1 heterocycles. The summed E-state index contributed by atoms with van der Waals surface area (Å²) in [6, 6.07) is 5.87. The van der Waals surface area contributed by atoms with Crippen molar-refractivity contribution in [1.82, 2.24) is 0 Å². The van der Waals surface area contributed by atoms with Crippen LogP contribution in [0, 0.1) is 5.82 Å². The Morgan fingerprint density at radius 1 is 1.47 bits per heavy atom. The summed E-state index contributed by atoms with van der Waals surface area (Å²) in [5, 5.41) is 9.60. The average molecular weight is 212 g/mol. The van der Waals surface area contributed by atoms with Crippen molar-refractivity contribution in [3.8, 4) is 5.75 Å². The average Bonchev–Trinajstić information content (AvgIpc) is 2.22. The lowest BCUT2D eigenvalue weighted by molar-refractivity contribution is -0.0736. The fraction of sp³-hybridized carbons (Fsp3) is 0.455. The molecule has 1 aliphatic heterocycles. The molecular weight excluding hydrogens is 199 g/mol. The maximum atomic E-state index is 12.8. The lowest BCUT2D eigenvalue weighted by Crippen LogP contribution is -2.40. The first-order chi connectivity index (χ1) is 7.25. The summed E-state index contributed by atoms with van der Waals surface area (Å²) in [5.74, 6) is 0.0725. The van der Waals surface area contributed by atoms with Gasteiger partial charge in [0.25, 0.3) is 0 Å². The van der Waals surface area contributed by atoms with Gasteiger partial charge in [-0.3, -0.25) is 0 Å². The number of halogens is 1. The molecule has 3 nitrogen and oxygen atoms in total. The second-order valence-corrected chi connectivity index (χ2v) is 3.54. The van der Waals surface area contributed by atoms with Gasteiger partial charge >= 0.3 is 0 Å². The smallest absolute Gasteiger partial charge is 0.148 e. The van der Waals surface area contributed by atoms with Crippen molar-refractivity contribution in [2.24, 2.45) is 0 Å². The molecule has 1 aromatic carbocycles. The normalized spacial score (nSPS) is 26.3. The van der Waals surface area contributed by atoms with E-state index in [4.69, 9.17) is 9.47 Å². The molecular formula is C11H13FO3. The highest BCUT2D eigenvalue weighted by Gasteiger charge is 2.25. The van der Waals surface area contributed by atoms with E-state index in [1.807, 2.05) is 0 Å². The van der Waals surface area contributed by atoms with E-state index in [0.717, 1.165) is 0 Å². The number of hydrogen-bond donors (Lipinski definition) is 1. The van der Waals surface area contributed by atoms with E-state index in [1.54, 1.807) is 12.1 Å². The van der Waals surface area contributed by atoms with Crippen LogP contribution >= 0.6 is 0 Å². The van der Waals surface area contributed by atoms with Crippen molar-refractivity contribution in [1.29, 1.82) is 0 Å². The zero-order valence-corrected chi connectivity index (χ0v) is 8.23. The highest BCUT2D eigenvalue weighted by molar-refractivity contribution is 5.22. The van der Waals surface area contributed by atoms with Crippen LogP contribution in [0.15, 0.2) is 24.3 Å². The van der Waals surface area contributed by atoms with Crippen LogP contribution in [-0.4, -0.2) is 30.5 Å². The largest absolute Gasteiger partial charge is 0.485 e. The van der Waals surface area contributed by atoms with Gasteiger partial charge in [0.15, 0.2) is 0 Å². The van der Waals surface area contributed by atoms with Crippen LogP contribution in [0.2, 0.25) is 0 Å². The molecule has 1 fully saturated rings. The Morgan fingerprint density at radius 3 is 3.07 bits per heavy atom. The van der Waals surface area contributed by atoms with E-state index in [0.29, 0.717) is 25.4 Å². The topological polar surface area (TPSA) is 38.7 Å². The highest BCUT2D eigenvalue weighted by atomic mass is 19.1. The minimum atomic E-state index is -0.540. The molecule has 1 N–H and O–H groups in total. The number of ether oxygens (including phenoxy) is 2. The molecule has 2 atom stereocenters. The summed E-state index contributed by atoms with van der Waals surface area (Å²) in [7, 11) is 0. The predicted octanol–water partition coefficient (Wildman–Crippen LogP) is 1.35. The Labute approximate surface area is 87.4 Å². The molecule has 0 radical (unpaired) electrons. The van der Waals surface area contributed by atoms with E-state index in [-0.39, 0.29) is 5.82 Å². The van der Waals surface area contributed by atoms with Crippen LogP contribution in [0.1, 0.15) is 6.42 Å². The van der Waals surface area contributed by atoms with Crippen molar-refractivity contribution in [3.63, 3.8) is 0 Å². The Kier molecular flexibility index (Phi) is 3.18. The number of aliphatic hydroxyl groups is 1. The minimum absolute atomic E-state index is 0.345. The Morgan fingerprint density at radius 2 is 2.33 bits per heavy atom. The van der Waals surface area contributed by atoms with Crippen LogP contribution in [0.25, 0.3) is 0 Å². The lowest BCUT2D eigenvalue weighted by Gasteiger charge is -2.28. The summed E-state index contributed by atoms with van der Waals surface area (Å²) in [6.07, 6.45) is -0.387. The SMILES string of the molecule is OC1CCOCC1Oc1cccc(F)c1. The van der Waals surface area contributed by atoms with Gasteiger partial charge in [-0.2, -0.15) is 0 Å². The molecule has 0 spiro atoms. The summed E-state index contributed by atoms with van der Waals surface area (Å²) >= 11 is 0. The lowest BCUT2D eigenvalue weighted by atomic mass is 10.1. The Hall–Kier alpha value is -1.13. The number of benzene rings is 1. The van der Waals surface area contributed by atoms with Crippen molar-refractivity contribution in [2.45, 2.75) is 18.6 Å². The van der Waals surface area contributed by atoms with Crippen molar-refractivity contribution < 1.29 is 19.0 Å². The van der Waals surface area contributed by atoms with Crippen LogP contribution in [0.3, 0.4) is 0 Å². The first kappa shape index (κ1) is 10.4. The number of rotatable bonds is 2. The van der Waals surface area contributed by atoms with Gasteiger partial charge in [-0.1, -0.05) is 6.07 Å². The van der Waals surface area contributed by atoms with Gasteiger partial charge in [-0.15, -0.1) is 0 Å². The molecule has 1 aliphatic rings. The molecule has 82 valence electrons. The maximum absolute atomic E-state index is 12.8. The highest BCUT2D eigenvalue weighted by Crippen LogP contribution is 2.18. The maximum Gasteiger partial charge on any atom is 0.148 e. The summed E-state index contributed by atoms with van der Waals surface area (Å²) < 4.78 is 23.5. The molecule has 0 saturated carbocycles. The standard InChI is InChI=1S/C11H13FO3/c12-8-2-1-3-9(6-8)15-11-7-14-5-4-10(11)13/h1-3,6,10-11,13H,4-5,7H2. The molecule has 4 heteroatoms. The monoisotopic (exact) mass is 212 g/mol. The van der Waals surface area contributed by atoms with Gasteiger partial charge in [0.2, 0.25) is 0 Å². The van der Waals surface area contributed by atoms with Gasteiger partial charge in [-0.05, 0) is 12.1 Å². The molecule has 0 bridgehead atoms. The van der Waals surface area contributed by atoms with Crippen LogP contribution < -0.4 is 4.74 Å². The van der Waals surface area contributed by atoms with Crippen molar-refractivity contribution in [2.75, 3.05) is 13.2 Å². The van der Waals surface area contributed by atoms with Gasteiger partial charge in [-0.25, -0.2) is 4.39 Å². The summed E-state index contributed by atoms with van der Waals surface area (Å²) in [5.41, 5.74) is 0. The van der Waals surface area contributed by atoms with Gasteiger partial charge < -0.3 is 14.6 Å². The molecule has 1 aromatic rings.